The SMILES string of the molecule is Nc1ccc(-c2nc3cc4c(cc3n2CCCO)OCO4)cc1. The number of imidazole rings is 1. The Kier molecular flexibility index (Phi) is 3.31. The van der Waals surface area contributed by atoms with E-state index in [9.17, 15) is 5.11 Å². The van der Waals surface area contributed by atoms with Gasteiger partial charge in [0.15, 0.2) is 11.5 Å². The van der Waals surface area contributed by atoms with Gasteiger partial charge in [-0.25, -0.2) is 4.98 Å². The van der Waals surface area contributed by atoms with Crippen molar-refractivity contribution >= 4 is 16.7 Å². The fraction of sp³-hybridized carbons (Fsp3) is 0.235. The van der Waals surface area contributed by atoms with E-state index in [4.69, 9.17) is 20.2 Å². The molecule has 3 aromatic rings. The molecular formula is C17H17N3O3. The van der Waals surface area contributed by atoms with Crippen molar-refractivity contribution in [2.24, 2.45) is 0 Å². The molecule has 0 saturated carbocycles. The van der Waals surface area contributed by atoms with Crippen molar-refractivity contribution in [2.45, 2.75) is 13.0 Å². The Morgan fingerprint density at radius 2 is 1.87 bits per heavy atom. The van der Waals surface area contributed by atoms with Gasteiger partial charge in [-0.1, -0.05) is 0 Å². The van der Waals surface area contributed by atoms with Gasteiger partial charge in [-0.2, -0.15) is 0 Å². The largest absolute Gasteiger partial charge is 0.454 e. The van der Waals surface area contributed by atoms with E-state index in [1.807, 2.05) is 36.4 Å². The van der Waals surface area contributed by atoms with Gasteiger partial charge in [0.05, 0.1) is 11.0 Å². The molecule has 0 amide bonds. The molecule has 0 spiro atoms. The number of nitrogens with zero attached hydrogens (tertiary/aromatic N) is 2. The van der Waals surface area contributed by atoms with E-state index in [2.05, 4.69) is 4.57 Å². The number of hydrogen-bond donors (Lipinski definition) is 2. The van der Waals surface area contributed by atoms with Crippen molar-refractivity contribution in [2.75, 3.05) is 19.1 Å². The molecule has 6 nitrogen and oxygen atoms in total. The van der Waals surface area contributed by atoms with Crippen LogP contribution in [0.2, 0.25) is 0 Å². The van der Waals surface area contributed by atoms with E-state index in [-0.39, 0.29) is 13.4 Å². The van der Waals surface area contributed by atoms with Crippen molar-refractivity contribution < 1.29 is 14.6 Å². The number of nitrogens with two attached hydrogens (primary N) is 1. The van der Waals surface area contributed by atoms with E-state index in [0.717, 1.165) is 28.2 Å². The molecule has 118 valence electrons. The number of aryl methyl sites for hydroxylation is 1. The Balaban J connectivity index is 1.89. The van der Waals surface area contributed by atoms with Crippen molar-refractivity contribution in [3.05, 3.63) is 36.4 Å². The van der Waals surface area contributed by atoms with Gasteiger partial charge in [-0.15, -0.1) is 0 Å². The van der Waals surface area contributed by atoms with Gasteiger partial charge in [0.1, 0.15) is 5.82 Å². The highest BCUT2D eigenvalue weighted by Gasteiger charge is 2.19. The van der Waals surface area contributed by atoms with Crippen LogP contribution in [0.25, 0.3) is 22.4 Å². The first kappa shape index (κ1) is 13.9. The zero-order valence-corrected chi connectivity index (χ0v) is 12.5. The molecule has 6 heteroatoms. The maximum absolute atomic E-state index is 9.19. The summed E-state index contributed by atoms with van der Waals surface area (Å²) in [5, 5.41) is 9.19. The number of nitrogen functional groups attached to an aromatic ring is 1. The summed E-state index contributed by atoms with van der Waals surface area (Å²) in [6.07, 6.45) is 0.655. The number of aromatic nitrogens is 2. The molecule has 0 radical (unpaired) electrons. The maximum Gasteiger partial charge on any atom is 0.231 e. The van der Waals surface area contributed by atoms with Crippen LogP contribution in [-0.4, -0.2) is 28.1 Å². The minimum absolute atomic E-state index is 0.130. The second-order valence-electron chi connectivity index (χ2n) is 5.48. The lowest BCUT2D eigenvalue weighted by atomic mass is 10.2. The molecule has 0 unspecified atom stereocenters. The Hall–Kier alpha value is -2.73. The average Bonchev–Trinajstić information content (AvgIpc) is 3.15. The summed E-state index contributed by atoms with van der Waals surface area (Å²) in [5.74, 6) is 2.29. The van der Waals surface area contributed by atoms with Crippen molar-refractivity contribution in [3.63, 3.8) is 0 Å². The lowest BCUT2D eigenvalue weighted by Gasteiger charge is -2.09. The van der Waals surface area contributed by atoms with Crippen LogP contribution in [0.15, 0.2) is 36.4 Å². The molecular weight excluding hydrogens is 294 g/mol. The molecule has 1 aliphatic rings. The van der Waals surface area contributed by atoms with Gasteiger partial charge in [0.2, 0.25) is 6.79 Å². The Morgan fingerprint density at radius 3 is 2.61 bits per heavy atom. The molecule has 23 heavy (non-hydrogen) atoms. The van der Waals surface area contributed by atoms with Crippen LogP contribution < -0.4 is 15.2 Å². The predicted octanol–water partition coefficient (Wildman–Crippen LogP) is 2.40. The van der Waals surface area contributed by atoms with Gasteiger partial charge < -0.3 is 24.9 Å². The minimum Gasteiger partial charge on any atom is -0.454 e. The highest BCUT2D eigenvalue weighted by molar-refractivity contribution is 5.84. The number of benzene rings is 2. The van der Waals surface area contributed by atoms with E-state index < -0.39 is 0 Å². The second kappa shape index (κ2) is 5.48. The van der Waals surface area contributed by atoms with Crippen molar-refractivity contribution in [3.8, 4) is 22.9 Å². The van der Waals surface area contributed by atoms with Gasteiger partial charge in [-0.05, 0) is 30.7 Å². The van der Waals surface area contributed by atoms with Crippen molar-refractivity contribution in [1.82, 2.24) is 9.55 Å². The number of rotatable bonds is 4. The van der Waals surface area contributed by atoms with Gasteiger partial charge in [0, 0.05) is 36.5 Å². The second-order valence-corrected chi connectivity index (χ2v) is 5.48. The predicted molar refractivity (Wildman–Crippen MR) is 87.4 cm³/mol. The van der Waals surface area contributed by atoms with Crippen LogP contribution in [0.4, 0.5) is 5.69 Å². The third-order valence-electron chi connectivity index (χ3n) is 3.95. The molecule has 0 fully saturated rings. The summed E-state index contributed by atoms with van der Waals surface area (Å²) in [7, 11) is 0. The van der Waals surface area contributed by atoms with Crippen LogP contribution in [-0.2, 0) is 6.54 Å². The average molecular weight is 311 g/mol. The highest BCUT2D eigenvalue weighted by atomic mass is 16.7. The standard InChI is InChI=1S/C17H17N3O3/c18-12-4-2-11(3-5-12)17-19-13-8-15-16(23-10-22-15)9-14(13)20(17)6-1-7-21/h2-5,8-9,21H,1,6-7,10,18H2. The first-order valence-electron chi connectivity index (χ1n) is 7.53. The Bertz CT molecular complexity index is 856. The summed E-state index contributed by atoms with van der Waals surface area (Å²) < 4.78 is 13.0. The number of aliphatic hydroxyl groups excluding tert-OH is 1. The summed E-state index contributed by atoms with van der Waals surface area (Å²) >= 11 is 0. The molecule has 0 atom stereocenters. The Labute approximate surface area is 133 Å². The smallest absolute Gasteiger partial charge is 0.231 e. The molecule has 0 bridgehead atoms. The third kappa shape index (κ3) is 2.37. The highest BCUT2D eigenvalue weighted by Crippen LogP contribution is 2.37. The summed E-state index contributed by atoms with van der Waals surface area (Å²) in [6, 6.07) is 11.5. The van der Waals surface area contributed by atoms with Gasteiger partial charge >= 0.3 is 0 Å². The molecule has 1 aromatic heterocycles. The van der Waals surface area contributed by atoms with Gasteiger partial charge in [-0.3, -0.25) is 0 Å². The molecule has 2 heterocycles. The Morgan fingerprint density at radius 1 is 1.13 bits per heavy atom. The molecule has 3 N–H and O–H groups in total. The fourth-order valence-corrected chi connectivity index (χ4v) is 2.82. The zero-order chi connectivity index (χ0) is 15.8. The lowest BCUT2D eigenvalue weighted by Crippen LogP contribution is -2.02. The zero-order valence-electron chi connectivity index (χ0n) is 12.5. The van der Waals surface area contributed by atoms with Gasteiger partial charge in [0.25, 0.3) is 0 Å². The molecule has 0 aliphatic carbocycles. The first-order valence-corrected chi connectivity index (χ1v) is 7.53. The van der Waals surface area contributed by atoms with Crippen LogP contribution in [0.5, 0.6) is 11.5 Å². The topological polar surface area (TPSA) is 82.5 Å². The molecule has 2 aromatic carbocycles. The molecule has 4 rings (SSSR count). The normalized spacial score (nSPS) is 12.9. The number of ether oxygens (including phenoxy) is 2. The number of aliphatic hydroxyl groups is 1. The monoisotopic (exact) mass is 311 g/mol. The van der Waals surface area contributed by atoms with Crippen LogP contribution in [0.3, 0.4) is 0 Å². The molecule has 0 saturated heterocycles. The summed E-state index contributed by atoms with van der Waals surface area (Å²) in [4.78, 5) is 4.75. The quantitative estimate of drug-likeness (QED) is 0.723. The van der Waals surface area contributed by atoms with E-state index in [1.165, 1.54) is 0 Å². The van der Waals surface area contributed by atoms with Crippen molar-refractivity contribution in [1.29, 1.82) is 0 Å². The van der Waals surface area contributed by atoms with Crippen LogP contribution in [0.1, 0.15) is 6.42 Å². The van der Waals surface area contributed by atoms with Crippen LogP contribution >= 0.6 is 0 Å². The fourth-order valence-electron chi connectivity index (χ4n) is 2.82. The number of fused-ring (bicyclic) bond motifs is 2. The summed E-state index contributed by atoms with van der Waals surface area (Å²) in [5.41, 5.74) is 9.28. The van der Waals surface area contributed by atoms with E-state index >= 15 is 0 Å². The number of hydrogen-bond acceptors (Lipinski definition) is 5. The first-order chi connectivity index (χ1) is 11.3. The minimum atomic E-state index is 0.130. The summed E-state index contributed by atoms with van der Waals surface area (Å²) in [6.45, 7) is 1.04. The van der Waals surface area contributed by atoms with Crippen LogP contribution in [0, 0.1) is 0 Å². The van der Waals surface area contributed by atoms with E-state index in [1.54, 1.807) is 0 Å². The molecule has 1 aliphatic heterocycles. The lowest BCUT2D eigenvalue weighted by molar-refractivity contribution is 0.174. The van der Waals surface area contributed by atoms with E-state index in [0.29, 0.717) is 24.4 Å². The maximum atomic E-state index is 9.19. The number of anilines is 1. The third-order valence-corrected chi connectivity index (χ3v) is 3.95.